The number of nitrogens with one attached hydrogen (secondary N) is 1. The standard InChI is InChI=1S/C13H25NO2/c1-3-16-13(15)9-6-10-14-11(2)12-7-4-5-8-12/h11-12,14H,3-10H2,1-2H3. The van der Waals surface area contributed by atoms with E-state index < -0.39 is 0 Å². The fourth-order valence-corrected chi connectivity index (χ4v) is 2.42. The van der Waals surface area contributed by atoms with Gasteiger partial charge in [-0.2, -0.15) is 0 Å². The summed E-state index contributed by atoms with van der Waals surface area (Å²) in [4.78, 5) is 11.1. The minimum Gasteiger partial charge on any atom is -0.466 e. The van der Waals surface area contributed by atoms with E-state index in [-0.39, 0.29) is 5.97 Å². The molecule has 0 aliphatic heterocycles. The van der Waals surface area contributed by atoms with Gasteiger partial charge in [-0.05, 0) is 45.6 Å². The van der Waals surface area contributed by atoms with Crippen molar-refractivity contribution >= 4 is 5.97 Å². The molecule has 0 heterocycles. The second-order valence-electron chi connectivity index (χ2n) is 4.70. The lowest BCUT2D eigenvalue weighted by molar-refractivity contribution is -0.143. The number of carbonyl (C=O) groups is 1. The Hall–Kier alpha value is -0.570. The Kier molecular flexibility index (Phi) is 6.46. The Morgan fingerprint density at radius 3 is 2.75 bits per heavy atom. The van der Waals surface area contributed by atoms with Crippen LogP contribution in [0, 0.1) is 5.92 Å². The lowest BCUT2D eigenvalue weighted by atomic mass is 10.00. The molecule has 3 nitrogen and oxygen atoms in total. The van der Waals surface area contributed by atoms with Crippen LogP contribution in [0.15, 0.2) is 0 Å². The van der Waals surface area contributed by atoms with Crippen LogP contribution in [0.5, 0.6) is 0 Å². The van der Waals surface area contributed by atoms with Gasteiger partial charge in [-0.1, -0.05) is 12.8 Å². The molecule has 0 saturated heterocycles. The molecule has 1 rings (SSSR count). The highest BCUT2D eigenvalue weighted by atomic mass is 16.5. The van der Waals surface area contributed by atoms with Crippen molar-refractivity contribution in [2.75, 3.05) is 13.2 Å². The third-order valence-corrected chi connectivity index (χ3v) is 3.44. The molecule has 0 spiro atoms. The quantitative estimate of drug-likeness (QED) is 0.536. The van der Waals surface area contributed by atoms with Gasteiger partial charge in [0, 0.05) is 12.5 Å². The first-order valence-corrected chi connectivity index (χ1v) is 6.63. The summed E-state index contributed by atoms with van der Waals surface area (Å²) < 4.78 is 4.88. The van der Waals surface area contributed by atoms with Crippen LogP contribution in [0.4, 0.5) is 0 Å². The number of ether oxygens (including phenoxy) is 1. The fourth-order valence-electron chi connectivity index (χ4n) is 2.42. The predicted octanol–water partition coefficient (Wildman–Crippen LogP) is 2.50. The Morgan fingerprint density at radius 2 is 2.12 bits per heavy atom. The summed E-state index contributed by atoms with van der Waals surface area (Å²) in [5.41, 5.74) is 0. The summed E-state index contributed by atoms with van der Waals surface area (Å²) in [6.45, 7) is 5.53. The molecule has 1 fully saturated rings. The monoisotopic (exact) mass is 227 g/mol. The molecule has 0 radical (unpaired) electrons. The van der Waals surface area contributed by atoms with Crippen LogP contribution in [-0.4, -0.2) is 25.2 Å². The molecule has 1 N–H and O–H groups in total. The van der Waals surface area contributed by atoms with E-state index in [1.54, 1.807) is 0 Å². The molecule has 94 valence electrons. The number of carbonyl (C=O) groups excluding carboxylic acids is 1. The summed E-state index contributed by atoms with van der Waals surface area (Å²) in [5.74, 6) is 0.778. The Balaban J connectivity index is 1.99. The molecular formula is C13H25NO2. The molecule has 1 unspecified atom stereocenters. The topological polar surface area (TPSA) is 38.3 Å². The van der Waals surface area contributed by atoms with Gasteiger partial charge in [-0.15, -0.1) is 0 Å². The van der Waals surface area contributed by atoms with E-state index in [2.05, 4.69) is 12.2 Å². The summed E-state index contributed by atoms with van der Waals surface area (Å²) in [5, 5.41) is 3.51. The summed E-state index contributed by atoms with van der Waals surface area (Å²) in [7, 11) is 0. The van der Waals surface area contributed by atoms with Crippen LogP contribution < -0.4 is 5.32 Å². The molecule has 1 aliphatic carbocycles. The van der Waals surface area contributed by atoms with Crippen molar-refractivity contribution in [3.8, 4) is 0 Å². The van der Waals surface area contributed by atoms with Crippen LogP contribution in [0.25, 0.3) is 0 Å². The number of rotatable bonds is 7. The number of esters is 1. The first-order chi connectivity index (χ1) is 7.74. The molecule has 16 heavy (non-hydrogen) atoms. The smallest absolute Gasteiger partial charge is 0.305 e. The van der Waals surface area contributed by atoms with E-state index in [1.165, 1.54) is 25.7 Å². The van der Waals surface area contributed by atoms with Crippen LogP contribution in [0.1, 0.15) is 52.4 Å². The van der Waals surface area contributed by atoms with E-state index in [9.17, 15) is 4.79 Å². The summed E-state index contributed by atoms with van der Waals surface area (Å²) in [6, 6.07) is 0.602. The van der Waals surface area contributed by atoms with E-state index in [1.807, 2.05) is 6.92 Å². The maximum atomic E-state index is 11.1. The average Bonchev–Trinajstić information content (AvgIpc) is 2.78. The highest BCUT2D eigenvalue weighted by molar-refractivity contribution is 5.69. The van der Waals surface area contributed by atoms with Crippen molar-refractivity contribution in [3.05, 3.63) is 0 Å². The SMILES string of the molecule is CCOC(=O)CCCNC(C)C1CCCC1. The van der Waals surface area contributed by atoms with Crippen LogP contribution in [-0.2, 0) is 9.53 Å². The van der Waals surface area contributed by atoms with Gasteiger partial charge in [-0.25, -0.2) is 0 Å². The molecule has 1 atom stereocenters. The van der Waals surface area contributed by atoms with Gasteiger partial charge in [0.1, 0.15) is 0 Å². The van der Waals surface area contributed by atoms with Crippen LogP contribution >= 0.6 is 0 Å². The first-order valence-electron chi connectivity index (χ1n) is 6.63. The molecule has 1 saturated carbocycles. The van der Waals surface area contributed by atoms with Crippen LogP contribution in [0.3, 0.4) is 0 Å². The normalized spacial score (nSPS) is 18.6. The van der Waals surface area contributed by atoms with E-state index in [0.717, 1.165) is 18.9 Å². The fraction of sp³-hybridized carbons (Fsp3) is 0.923. The van der Waals surface area contributed by atoms with Gasteiger partial charge < -0.3 is 10.1 Å². The Bertz CT molecular complexity index is 200. The molecule has 0 aromatic carbocycles. The summed E-state index contributed by atoms with van der Waals surface area (Å²) >= 11 is 0. The van der Waals surface area contributed by atoms with Crippen molar-refractivity contribution in [2.24, 2.45) is 5.92 Å². The van der Waals surface area contributed by atoms with E-state index in [4.69, 9.17) is 4.74 Å². The van der Waals surface area contributed by atoms with E-state index in [0.29, 0.717) is 19.1 Å². The van der Waals surface area contributed by atoms with Crippen LogP contribution in [0.2, 0.25) is 0 Å². The lowest BCUT2D eigenvalue weighted by Crippen LogP contribution is -2.33. The van der Waals surface area contributed by atoms with Crippen molar-refractivity contribution in [1.29, 1.82) is 0 Å². The second kappa shape index (κ2) is 7.66. The molecular weight excluding hydrogens is 202 g/mol. The van der Waals surface area contributed by atoms with Gasteiger partial charge in [0.15, 0.2) is 0 Å². The second-order valence-corrected chi connectivity index (χ2v) is 4.70. The summed E-state index contributed by atoms with van der Waals surface area (Å²) in [6.07, 6.45) is 6.94. The molecule has 0 aromatic rings. The first kappa shape index (κ1) is 13.5. The van der Waals surface area contributed by atoms with Gasteiger partial charge in [0.05, 0.1) is 6.61 Å². The van der Waals surface area contributed by atoms with Crippen molar-refractivity contribution in [1.82, 2.24) is 5.32 Å². The molecule has 0 amide bonds. The van der Waals surface area contributed by atoms with E-state index >= 15 is 0 Å². The molecule has 0 aromatic heterocycles. The van der Waals surface area contributed by atoms with Gasteiger partial charge in [-0.3, -0.25) is 4.79 Å². The molecule has 1 aliphatic rings. The van der Waals surface area contributed by atoms with Crippen molar-refractivity contribution in [2.45, 2.75) is 58.4 Å². The number of hydrogen-bond donors (Lipinski definition) is 1. The van der Waals surface area contributed by atoms with Crippen molar-refractivity contribution < 1.29 is 9.53 Å². The maximum Gasteiger partial charge on any atom is 0.305 e. The Labute approximate surface area is 98.9 Å². The maximum absolute atomic E-state index is 11.1. The zero-order chi connectivity index (χ0) is 11.8. The minimum atomic E-state index is -0.0715. The average molecular weight is 227 g/mol. The Morgan fingerprint density at radius 1 is 1.44 bits per heavy atom. The highest BCUT2D eigenvalue weighted by Gasteiger charge is 2.20. The molecule has 0 bridgehead atoms. The zero-order valence-corrected chi connectivity index (χ0v) is 10.6. The zero-order valence-electron chi connectivity index (χ0n) is 10.6. The molecule has 3 heteroatoms. The van der Waals surface area contributed by atoms with Gasteiger partial charge in [0.2, 0.25) is 0 Å². The number of hydrogen-bond acceptors (Lipinski definition) is 3. The van der Waals surface area contributed by atoms with Gasteiger partial charge >= 0.3 is 5.97 Å². The third-order valence-electron chi connectivity index (χ3n) is 3.44. The highest BCUT2D eigenvalue weighted by Crippen LogP contribution is 2.27. The third kappa shape index (κ3) is 4.97. The largest absolute Gasteiger partial charge is 0.466 e. The van der Waals surface area contributed by atoms with Gasteiger partial charge in [0.25, 0.3) is 0 Å². The predicted molar refractivity (Wildman–Crippen MR) is 65.3 cm³/mol. The lowest BCUT2D eigenvalue weighted by Gasteiger charge is -2.20. The van der Waals surface area contributed by atoms with Crippen molar-refractivity contribution in [3.63, 3.8) is 0 Å². The minimum absolute atomic E-state index is 0.0715.